The highest BCUT2D eigenvalue weighted by molar-refractivity contribution is 5.73. The van der Waals surface area contributed by atoms with Crippen LogP contribution in [0.15, 0.2) is 48.5 Å². The third kappa shape index (κ3) is 4.81. The molecule has 3 rings (SSSR count). The number of ether oxygens (including phenoxy) is 1. The van der Waals surface area contributed by atoms with Crippen molar-refractivity contribution in [2.45, 2.75) is 51.8 Å². The minimum absolute atomic E-state index is 0.129. The van der Waals surface area contributed by atoms with Gasteiger partial charge in [-0.25, -0.2) is 4.39 Å². The van der Waals surface area contributed by atoms with E-state index < -0.39 is 0 Å². The lowest BCUT2D eigenvalue weighted by molar-refractivity contribution is -0.131. The summed E-state index contributed by atoms with van der Waals surface area (Å²) in [6.45, 7) is 2.66. The van der Waals surface area contributed by atoms with E-state index in [1.165, 1.54) is 25.0 Å². The minimum Gasteiger partial charge on any atom is -0.489 e. The molecule has 1 fully saturated rings. The van der Waals surface area contributed by atoms with Crippen LogP contribution in [0.2, 0.25) is 0 Å². The topological polar surface area (TPSA) is 29.5 Å². The summed E-state index contributed by atoms with van der Waals surface area (Å²) >= 11 is 0. The number of hydrogen-bond acceptors (Lipinski definition) is 2. The number of carbonyl (C=O) groups excluding carboxylic acids is 1. The Hall–Kier alpha value is -2.36. The van der Waals surface area contributed by atoms with Crippen LogP contribution >= 0.6 is 0 Å². The Balaban J connectivity index is 1.63. The molecule has 4 heteroatoms. The maximum atomic E-state index is 12.9. The van der Waals surface area contributed by atoms with Gasteiger partial charge in [-0.1, -0.05) is 37.1 Å². The van der Waals surface area contributed by atoms with Crippen molar-refractivity contribution in [3.05, 3.63) is 65.5 Å². The van der Waals surface area contributed by atoms with Crippen LogP contribution in [0.3, 0.4) is 0 Å². The zero-order chi connectivity index (χ0) is 17.6. The predicted molar refractivity (Wildman–Crippen MR) is 95.7 cm³/mol. The molecule has 1 aliphatic carbocycles. The van der Waals surface area contributed by atoms with Crippen molar-refractivity contribution in [1.82, 2.24) is 4.90 Å². The van der Waals surface area contributed by atoms with E-state index >= 15 is 0 Å². The van der Waals surface area contributed by atoms with Crippen molar-refractivity contribution in [2.75, 3.05) is 0 Å². The quantitative estimate of drug-likeness (QED) is 0.762. The molecule has 0 heterocycles. The molecule has 132 valence electrons. The summed E-state index contributed by atoms with van der Waals surface area (Å²) in [6.07, 6.45) is 4.60. The highest BCUT2D eigenvalue weighted by atomic mass is 19.1. The number of amides is 1. The van der Waals surface area contributed by atoms with Crippen LogP contribution in [0.25, 0.3) is 0 Å². The van der Waals surface area contributed by atoms with Crippen LogP contribution in [0.4, 0.5) is 4.39 Å². The van der Waals surface area contributed by atoms with Gasteiger partial charge in [0.15, 0.2) is 0 Å². The Morgan fingerprint density at radius 2 is 1.84 bits per heavy atom. The van der Waals surface area contributed by atoms with E-state index in [9.17, 15) is 9.18 Å². The fraction of sp³-hybridized carbons (Fsp3) is 0.381. The molecule has 0 saturated heterocycles. The summed E-state index contributed by atoms with van der Waals surface area (Å²) in [6, 6.07) is 14.5. The van der Waals surface area contributed by atoms with E-state index in [2.05, 4.69) is 0 Å². The van der Waals surface area contributed by atoms with Gasteiger partial charge in [0, 0.05) is 19.5 Å². The molecule has 25 heavy (non-hydrogen) atoms. The van der Waals surface area contributed by atoms with Crippen LogP contribution in [0.1, 0.15) is 43.7 Å². The van der Waals surface area contributed by atoms with E-state index in [0.717, 1.165) is 29.7 Å². The maximum absolute atomic E-state index is 12.9. The van der Waals surface area contributed by atoms with Gasteiger partial charge in [0.2, 0.25) is 5.91 Å². The van der Waals surface area contributed by atoms with Crippen LogP contribution in [0.5, 0.6) is 5.75 Å². The molecule has 0 bridgehead atoms. The van der Waals surface area contributed by atoms with Crippen LogP contribution < -0.4 is 4.74 Å². The van der Waals surface area contributed by atoms with Gasteiger partial charge < -0.3 is 9.64 Å². The van der Waals surface area contributed by atoms with Gasteiger partial charge in [-0.15, -0.1) is 0 Å². The maximum Gasteiger partial charge on any atom is 0.219 e. The van der Waals surface area contributed by atoms with E-state index in [4.69, 9.17) is 4.74 Å². The lowest BCUT2D eigenvalue weighted by Crippen LogP contribution is -2.36. The summed E-state index contributed by atoms with van der Waals surface area (Å²) in [5.74, 6) is 0.642. The number of hydrogen-bond donors (Lipinski definition) is 0. The van der Waals surface area contributed by atoms with Gasteiger partial charge >= 0.3 is 0 Å². The molecule has 2 aromatic rings. The molecule has 1 saturated carbocycles. The number of halogens is 1. The van der Waals surface area contributed by atoms with E-state index in [0.29, 0.717) is 19.2 Å². The molecular formula is C21H24FNO2. The van der Waals surface area contributed by atoms with E-state index in [1.807, 2.05) is 29.2 Å². The smallest absolute Gasteiger partial charge is 0.219 e. The van der Waals surface area contributed by atoms with Crippen molar-refractivity contribution in [1.29, 1.82) is 0 Å². The molecule has 3 nitrogen and oxygen atoms in total. The zero-order valence-electron chi connectivity index (χ0n) is 14.6. The summed E-state index contributed by atoms with van der Waals surface area (Å²) in [5, 5.41) is 0. The summed E-state index contributed by atoms with van der Waals surface area (Å²) in [5.41, 5.74) is 1.99. The largest absolute Gasteiger partial charge is 0.489 e. The highest BCUT2D eigenvalue weighted by Crippen LogP contribution is 2.26. The molecule has 0 unspecified atom stereocenters. The normalized spacial score (nSPS) is 14.5. The predicted octanol–water partition coefficient (Wildman–Crippen LogP) is 4.70. The molecule has 0 aliphatic heterocycles. The summed E-state index contributed by atoms with van der Waals surface area (Å²) in [7, 11) is 0. The number of rotatable bonds is 6. The van der Waals surface area contributed by atoms with Crippen LogP contribution in [-0.2, 0) is 17.9 Å². The lowest BCUT2D eigenvalue weighted by atomic mass is 10.1. The second-order valence-electron chi connectivity index (χ2n) is 6.65. The monoisotopic (exact) mass is 341 g/mol. The van der Waals surface area contributed by atoms with Crippen LogP contribution in [-0.4, -0.2) is 16.8 Å². The molecule has 0 aromatic heterocycles. The Morgan fingerprint density at radius 3 is 2.52 bits per heavy atom. The molecular weight excluding hydrogens is 317 g/mol. The van der Waals surface area contributed by atoms with Gasteiger partial charge in [-0.3, -0.25) is 4.79 Å². The molecule has 1 amide bonds. The number of carbonyl (C=O) groups is 1. The lowest BCUT2D eigenvalue weighted by Gasteiger charge is -2.28. The SMILES string of the molecule is CC(=O)N(Cc1cccc(OCc2ccc(F)cc2)c1)C1CCCC1. The van der Waals surface area contributed by atoms with Gasteiger partial charge in [0.1, 0.15) is 18.2 Å². The van der Waals surface area contributed by atoms with Crippen molar-refractivity contribution in [3.8, 4) is 5.75 Å². The first-order chi connectivity index (χ1) is 12.1. The first-order valence-electron chi connectivity index (χ1n) is 8.85. The number of nitrogens with zero attached hydrogens (tertiary/aromatic N) is 1. The molecule has 0 N–H and O–H groups in total. The minimum atomic E-state index is -0.248. The van der Waals surface area contributed by atoms with Gasteiger partial charge in [-0.2, -0.15) is 0 Å². The fourth-order valence-electron chi connectivity index (χ4n) is 3.39. The molecule has 0 atom stereocenters. The molecule has 0 spiro atoms. The highest BCUT2D eigenvalue weighted by Gasteiger charge is 2.24. The van der Waals surface area contributed by atoms with Crippen molar-refractivity contribution in [2.24, 2.45) is 0 Å². The average Bonchev–Trinajstić information content (AvgIpc) is 3.13. The first kappa shape index (κ1) is 17.5. The zero-order valence-corrected chi connectivity index (χ0v) is 14.6. The van der Waals surface area contributed by atoms with Crippen molar-refractivity contribution >= 4 is 5.91 Å². The summed E-state index contributed by atoms with van der Waals surface area (Å²) in [4.78, 5) is 14.0. The van der Waals surface area contributed by atoms with Crippen molar-refractivity contribution in [3.63, 3.8) is 0 Å². The summed E-state index contributed by atoms with van der Waals surface area (Å²) < 4.78 is 18.8. The van der Waals surface area contributed by atoms with E-state index in [-0.39, 0.29) is 11.7 Å². The second-order valence-corrected chi connectivity index (χ2v) is 6.65. The van der Waals surface area contributed by atoms with Gasteiger partial charge in [-0.05, 0) is 48.2 Å². The van der Waals surface area contributed by atoms with Gasteiger partial charge in [0.25, 0.3) is 0 Å². The molecule has 2 aromatic carbocycles. The van der Waals surface area contributed by atoms with Crippen LogP contribution in [0, 0.1) is 5.82 Å². The third-order valence-electron chi connectivity index (χ3n) is 4.74. The average molecular weight is 341 g/mol. The molecule has 0 radical (unpaired) electrons. The number of benzene rings is 2. The fourth-order valence-corrected chi connectivity index (χ4v) is 3.39. The third-order valence-corrected chi connectivity index (χ3v) is 4.74. The standard InChI is InChI=1S/C21H24FNO2/c1-16(24)23(20-6-2-3-7-20)14-18-5-4-8-21(13-18)25-15-17-9-11-19(22)12-10-17/h4-5,8-13,20H,2-3,6-7,14-15H2,1H3. The van der Waals surface area contributed by atoms with Gasteiger partial charge in [0.05, 0.1) is 0 Å². The Bertz CT molecular complexity index is 708. The Kier molecular flexibility index (Phi) is 5.69. The second kappa shape index (κ2) is 8.15. The Morgan fingerprint density at radius 1 is 1.12 bits per heavy atom. The van der Waals surface area contributed by atoms with Crippen molar-refractivity contribution < 1.29 is 13.9 Å². The first-order valence-corrected chi connectivity index (χ1v) is 8.85. The van der Waals surface area contributed by atoms with E-state index in [1.54, 1.807) is 19.1 Å². The Labute approximate surface area is 148 Å². The molecule has 1 aliphatic rings.